The summed E-state index contributed by atoms with van der Waals surface area (Å²) in [5.74, 6) is -1.60. The molecule has 2 atom stereocenters. The van der Waals surface area contributed by atoms with E-state index in [0.29, 0.717) is 27.2 Å². The van der Waals surface area contributed by atoms with Crippen LogP contribution in [0.25, 0.3) is 5.57 Å². The summed E-state index contributed by atoms with van der Waals surface area (Å²) in [6.45, 7) is 2.33. The van der Waals surface area contributed by atoms with E-state index in [-0.39, 0.29) is 17.7 Å². The van der Waals surface area contributed by atoms with Crippen molar-refractivity contribution in [1.82, 2.24) is 4.90 Å². The lowest BCUT2D eigenvalue weighted by atomic mass is 9.84. The van der Waals surface area contributed by atoms with Crippen molar-refractivity contribution in [2.24, 2.45) is 0 Å². The SMILES string of the molecule is CC1C(=C(C(=O)O)c2cc(F)cc(Br)c2)CN1[C@@H](c1ccc(Cl)cc1)c1cccc(C#N)c1. The zero-order valence-electron chi connectivity index (χ0n) is 17.6. The van der Waals surface area contributed by atoms with E-state index >= 15 is 0 Å². The van der Waals surface area contributed by atoms with Crippen LogP contribution in [0.2, 0.25) is 5.02 Å². The van der Waals surface area contributed by atoms with Crippen LogP contribution in [0.3, 0.4) is 0 Å². The quantitative estimate of drug-likeness (QED) is 0.389. The number of halogens is 3. The Morgan fingerprint density at radius 1 is 1.18 bits per heavy atom. The molecule has 0 amide bonds. The van der Waals surface area contributed by atoms with E-state index in [1.807, 2.05) is 49.4 Å². The van der Waals surface area contributed by atoms with Crippen LogP contribution in [-0.2, 0) is 4.79 Å². The predicted molar refractivity (Wildman–Crippen MR) is 129 cm³/mol. The Morgan fingerprint density at radius 2 is 1.91 bits per heavy atom. The van der Waals surface area contributed by atoms with E-state index in [2.05, 4.69) is 26.9 Å². The van der Waals surface area contributed by atoms with Gasteiger partial charge >= 0.3 is 5.97 Å². The third kappa shape index (κ3) is 4.72. The van der Waals surface area contributed by atoms with E-state index in [0.717, 1.165) is 16.7 Å². The molecule has 3 aromatic rings. The van der Waals surface area contributed by atoms with Crippen LogP contribution in [0.5, 0.6) is 0 Å². The number of benzene rings is 3. The molecule has 0 aliphatic carbocycles. The van der Waals surface area contributed by atoms with Gasteiger partial charge in [0.2, 0.25) is 0 Å². The van der Waals surface area contributed by atoms with E-state index in [9.17, 15) is 19.6 Å². The van der Waals surface area contributed by atoms with Crippen molar-refractivity contribution in [1.29, 1.82) is 5.26 Å². The average molecular weight is 526 g/mol. The van der Waals surface area contributed by atoms with Gasteiger partial charge in [0, 0.05) is 22.1 Å². The van der Waals surface area contributed by atoms with Crippen molar-refractivity contribution in [3.63, 3.8) is 0 Å². The Bertz CT molecular complexity index is 1280. The number of nitrogens with zero attached hydrogens (tertiary/aromatic N) is 2. The van der Waals surface area contributed by atoms with E-state index < -0.39 is 11.8 Å². The van der Waals surface area contributed by atoms with Gasteiger partial charge in [-0.25, -0.2) is 9.18 Å². The minimum absolute atomic E-state index is 0.111. The van der Waals surface area contributed by atoms with Gasteiger partial charge in [-0.05, 0) is 71.7 Å². The fourth-order valence-electron chi connectivity index (χ4n) is 4.30. The first-order chi connectivity index (χ1) is 15.8. The molecule has 1 N–H and O–H groups in total. The molecule has 0 spiro atoms. The summed E-state index contributed by atoms with van der Waals surface area (Å²) in [7, 11) is 0. The van der Waals surface area contributed by atoms with Gasteiger partial charge in [-0.1, -0.05) is 51.8 Å². The highest BCUT2D eigenvalue weighted by atomic mass is 79.9. The summed E-state index contributed by atoms with van der Waals surface area (Å²) in [6.07, 6.45) is 0. The van der Waals surface area contributed by atoms with Crippen LogP contribution >= 0.6 is 27.5 Å². The maximum atomic E-state index is 14.0. The van der Waals surface area contributed by atoms with Crippen molar-refractivity contribution in [2.75, 3.05) is 6.54 Å². The number of nitriles is 1. The van der Waals surface area contributed by atoms with Crippen LogP contribution in [-0.4, -0.2) is 28.6 Å². The second-order valence-electron chi connectivity index (χ2n) is 7.90. The van der Waals surface area contributed by atoms with Gasteiger partial charge in [0.05, 0.1) is 23.2 Å². The number of likely N-dealkylation sites (tertiary alicyclic amines) is 1. The van der Waals surface area contributed by atoms with Gasteiger partial charge in [0.1, 0.15) is 5.82 Å². The molecule has 166 valence electrons. The Hall–Kier alpha value is -2.98. The molecule has 0 saturated carbocycles. The number of carbonyl (C=O) groups is 1. The molecule has 0 aromatic heterocycles. The Labute approximate surface area is 204 Å². The molecular weight excluding hydrogens is 507 g/mol. The molecule has 1 aliphatic rings. The molecule has 1 saturated heterocycles. The van der Waals surface area contributed by atoms with Crippen LogP contribution in [0.1, 0.15) is 35.2 Å². The molecule has 7 heteroatoms. The number of carboxylic acid groups (broad SMARTS) is 1. The van der Waals surface area contributed by atoms with Gasteiger partial charge in [-0.3, -0.25) is 4.90 Å². The molecule has 3 aromatic carbocycles. The molecule has 4 rings (SSSR count). The zero-order valence-corrected chi connectivity index (χ0v) is 19.9. The Balaban J connectivity index is 1.78. The average Bonchev–Trinajstić information content (AvgIpc) is 2.78. The standard InChI is InChI=1S/C26H19BrClFN2O2/c1-15-23(24(26(32)33)19-10-20(27)12-22(29)11-19)14-31(15)25(17-5-7-21(28)8-6-17)18-4-2-3-16(9-18)13-30/h2-12,15,25H,14H2,1H3,(H,32,33)/t15?,25-/m0/s1. The van der Waals surface area contributed by atoms with Crippen LogP contribution < -0.4 is 0 Å². The second kappa shape index (κ2) is 9.48. The van der Waals surface area contributed by atoms with Crippen LogP contribution in [0, 0.1) is 17.1 Å². The second-order valence-corrected chi connectivity index (χ2v) is 9.26. The topological polar surface area (TPSA) is 64.3 Å². The minimum atomic E-state index is -1.09. The third-order valence-corrected chi connectivity index (χ3v) is 6.60. The summed E-state index contributed by atoms with van der Waals surface area (Å²) in [4.78, 5) is 14.3. The largest absolute Gasteiger partial charge is 0.478 e. The molecular formula is C26H19BrClFN2O2. The molecule has 1 unspecified atom stereocenters. The van der Waals surface area contributed by atoms with Gasteiger partial charge in [0.15, 0.2) is 0 Å². The van der Waals surface area contributed by atoms with Crippen molar-refractivity contribution in [2.45, 2.75) is 19.0 Å². The van der Waals surface area contributed by atoms with Crippen LogP contribution in [0.4, 0.5) is 4.39 Å². The van der Waals surface area contributed by atoms with E-state index in [4.69, 9.17) is 11.6 Å². The highest BCUT2D eigenvalue weighted by molar-refractivity contribution is 9.10. The number of aliphatic carboxylic acids is 1. The Morgan fingerprint density at radius 3 is 2.52 bits per heavy atom. The minimum Gasteiger partial charge on any atom is -0.478 e. The van der Waals surface area contributed by atoms with Crippen molar-refractivity contribution in [3.8, 4) is 6.07 Å². The van der Waals surface area contributed by atoms with E-state index in [1.54, 1.807) is 12.1 Å². The molecule has 1 aliphatic heterocycles. The normalized spacial score (nSPS) is 18.2. The highest BCUT2D eigenvalue weighted by Crippen LogP contribution is 2.41. The smallest absolute Gasteiger partial charge is 0.336 e. The zero-order chi connectivity index (χ0) is 23.7. The monoisotopic (exact) mass is 524 g/mol. The summed E-state index contributed by atoms with van der Waals surface area (Å²) in [5.41, 5.74) is 3.60. The first-order valence-electron chi connectivity index (χ1n) is 10.2. The molecule has 4 nitrogen and oxygen atoms in total. The lowest BCUT2D eigenvalue weighted by Crippen LogP contribution is -2.51. The maximum Gasteiger partial charge on any atom is 0.336 e. The fourth-order valence-corrected chi connectivity index (χ4v) is 4.89. The lowest BCUT2D eigenvalue weighted by Gasteiger charge is -2.48. The lowest BCUT2D eigenvalue weighted by molar-refractivity contribution is -0.130. The summed E-state index contributed by atoms with van der Waals surface area (Å²) >= 11 is 9.34. The summed E-state index contributed by atoms with van der Waals surface area (Å²) in [6, 6.07) is 20.8. The summed E-state index contributed by atoms with van der Waals surface area (Å²) < 4.78 is 14.5. The van der Waals surface area contributed by atoms with Gasteiger partial charge in [-0.15, -0.1) is 0 Å². The maximum absolute atomic E-state index is 14.0. The number of hydrogen-bond donors (Lipinski definition) is 1. The first-order valence-corrected chi connectivity index (χ1v) is 11.4. The fraction of sp³-hybridized carbons (Fsp3) is 0.154. The van der Waals surface area contributed by atoms with Gasteiger partial charge < -0.3 is 5.11 Å². The van der Waals surface area contributed by atoms with Crippen molar-refractivity contribution < 1.29 is 14.3 Å². The molecule has 0 bridgehead atoms. The van der Waals surface area contributed by atoms with Gasteiger partial charge in [-0.2, -0.15) is 5.26 Å². The predicted octanol–water partition coefficient (Wildman–Crippen LogP) is 6.45. The van der Waals surface area contributed by atoms with Gasteiger partial charge in [0.25, 0.3) is 0 Å². The highest BCUT2D eigenvalue weighted by Gasteiger charge is 2.40. The van der Waals surface area contributed by atoms with Crippen molar-refractivity contribution >= 4 is 39.1 Å². The molecule has 0 radical (unpaired) electrons. The van der Waals surface area contributed by atoms with Crippen LogP contribution in [0.15, 0.2) is 76.8 Å². The van der Waals surface area contributed by atoms with E-state index in [1.165, 1.54) is 12.1 Å². The molecule has 1 fully saturated rings. The Kier molecular flexibility index (Phi) is 6.66. The summed E-state index contributed by atoms with van der Waals surface area (Å²) in [5, 5.41) is 19.9. The third-order valence-electron chi connectivity index (χ3n) is 5.89. The first kappa shape index (κ1) is 23.2. The molecule has 1 heterocycles. The number of carboxylic acids is 1. The number of rotatable bonds is 5. The van der Waals surface area contributed by atoms with Crippen molar-refractivity contribution in [3.05, 3.63) is 110 Å². The number of hydrogen-bond acceptors (Lipinski definition) is 3. The molecule has 33 heavy (non-hydrogen) atoms.